The van der Waals surface area contributed by atoms with Crippen LogP contribution < -0.4 is 0 Å². The highest BCUT2D eigenvalue weighted by molar-refractivity contribution is 7.79. The van der Waals surface area contributed by atoms with Gasteiger partial charge in [-0.2, -0.15) is 0 Å². The SMILES string of the molecule is CS(=O)O[C@@H]1[C@@H](N=[N+]=[N-])CCC[C@H]1O[Si](C)(C)C(C)(C)C. The molecule has 4 atom stereocenters. The molecule has 21 heavy (non-hydrogen) atoms. The molecule has 8 heteroatoms. The van der Waals surface area contributed by atoms with E-state index < -0.39 is 25.5 Å². The summed E-state index contributed by atoms with van der Waals surface area (Å²) in [5.41, 5.74) is 8.71. The van der Waals surface area contributed by atoms with Crippen LogP contribution in [0.4, 0.5) is 0 Å². The standard InChI is InChI=1S/C13H27N3O3SSi/c1-13(2,3)21(5,6)19-11-9-7-8-10(15-16-14)12(11)18-20(4)17/h10-12H,7-9H2,1-6H3/t10-,11+,12+,20?/m0/s1. The Morgan fingerprint density at radius 1 is 1.33 bits per heavy atom. The molecule has 0 aromatic heterocycles. The van der Waals surface area contributed by atoms with Crippen LogP contribution in [0.1, 0.15) is 40.0 Å². The number of hydrogen-bond donors (Lipinski definition) is 0. The quantitative estimate of drug-likeness (QED) is 0.331. The lowest BCUT2D eigenvalue weighted by atomic mass is 9.91. The molecule has 0 amide bonds. The molecule has 1 rings (SSSR count). The van der Waals surface area contributed by atoms with Crippen LogP contribution in [0, 0.1) is 0 Å². The first kappa shape index (κ1) is 18.6. The van der Waals surface area contributed by atoms with Crippen LogP contribution in [0.2, 0.25) is 18.1 Å². The molecule has 0 spiro atoms. The first-order chi connectivity index (χ1) is 9.58. The fourth-order valence-electron chi connectivity index (χ4n) is 2.26. The fourth-order valence-corrected chi connectivity index (χ4v) is 4.19. The molecule has 1 saturated carbocycles. The van der Waals surface area contributed by atoms with Crippen molar-refractivity contribution in [3.05, 3.63) is 10.4 Å². The molecule has 0 N–H and O–H groups in total. The van der Waals surface area contributed by atoms with Gasteiger partial charge in [-0.05, 0) is 36.5 Å². The maximum absolute atomic E-state index is 11.5. The van der Waals surface area contributed by atoms with Gasteiger partial charge in [0.2, 0.25) is 0 Å². The Kier molecular flexibility index (Phi) is 6.43. The Balaban J connectivity index is 2.95. The van der Waals surface area contributed by atoms with Crippen molar-refractivity contribution in [2.45, 2.75) is 76.4 Å². The minimum Gasteiger partial charge on any atom is -0.411 e. The molecular weight excluding hydrogens is 306 g/mol. The Hall–Kier alpha value is -0.403. The van der Waals surface area contributed by atoms with E-state index in [1.807, 2.05) is 0 Å². The van der Waals surface area contributed by atoms with Crippen molar-refractivity contribution in [2.24, 2.45) is 5.11 Å². The second-order valence-electron chi connectivity index (χ2n) is 7.08. The molecule has 0 saturated heterocycles. The molecule has 1 fully saturated rings. The zero-order valence-corrected chi connectivity index (χ0v) is 15.6. The third kappa shape index (κ3) is 5.07. The largest absolute Gasteiger partial charge is 0.411 e. The summed E-state index contributed by atoms with van der Waals surface area (Å²) in [5, 5.41) is 3.91. The van der Waals surface area contributed by atoms with Crippen molar-refractivity contribution in [3.63, 3.8) is 0 Å². The smallest absolute Gasteiger partial charge is 0.192 e. The van der Waals surface area contributed by atoms with Crippen molar-refractivity contribution in [3.8, 4) is 0 Å². The lowest BCUT2D eigenvalue weighted by molar-refractivity contribution is 0.0105. The molecule has 0 aromatic rings. The fraction of sp³-hybridized carbons (Fsp3) is 1.00. The van der Waals surface area contributed by atoms with E-state index in [2.05, 4.69) is 43.9 Å². The molecule has 1 aliphatic carbocycles. The van der Waals surface area contributed by atoms with Gasteiger partial charge in [-0.1, -0.05) is 32.3 Å². The second kappa shape index (κ2) is 7.24. The van der Waals surface area contributed by atoms with Gasteiger partial charge in [0.1, 0.15) is 6.10 Å². The molecular formula is C13H27N3O3SSi. The minimum atomic E-state index is -1.95. The molecule has 0 aromatic carbocycles. The van der Waals surface area contributed by atoms with Crippen LogP contribution in [-0.4, -0.2) is 37.0 Å². The van der Waals surface area contributed by atoms with E-state index in [-0.39, 0.29) is 17.2 Å². The molecule has 1 unspecified atom stereocenters. The van der Waals surface area contributed by atoms with Gasteiger partial charge in [0.05, 0.1) is 12.1 Å². The van der Waals surface area contributed by atoms with Crippen LogP contribution >= 0.6 is 0 Å². The summed E-state index contributed by atoms with van der Waals surface area (Å²) in [6.07, 6.45) is 3.45. The monoisotopic (exact) mass is 333 g/mol. The number of azide groups is 1. The highest BCUT2D eigenvalue weighted by Gasteiger charge is 2.44. The zero-order valence-electron chi connectivity index (χ0n) is 13.8. The average molecular weight is 334 g/mol. The Morgan fingerprint density at radius 3 is 2.43 bits per heavy atom. The van der Waals surface area contributed by atoms with Gasteiger partial charge in [0.15, 0.2) is 19.4 Å². The van der Waals surface area contributed by atoms with Crippen molar-refractivity contribution in [1.82, 2.24) is 0 Å². The Bertz CT molecular complexity index is 433. The summed E-state index contributed by atoms with van der Waals surface area (Å²) in [6.45, 7) is 10.9. The summed E-state index contributed by atoms with van der Waals surface area (Å²) in [5.74, 6) is 0. The predicted molar refractivity (Wildman–Crippen MR) is 87.8 cm³/mol. The van der Waals surface area contributed by atoms with Gasteiger partial charge in [0, 0.05) is 11.2 Å². The van der Waals surface area contributed by atoms with E-state index in [0.717, 1.165) is 19.3 Å². The van der Waals surface area contributed by atoms with E-state index in [9.17, 15) is 4.21 Å². The second-order valence-corrected chi connectivity index (χ2v) is 12.8. The van der Waals surface area contributed by atoms with Gasteiger partial charge in [-0.25, -0.2) is 4.21 Å². The number of rotatable bonds is 5. The topological polar surface area (TPSA) is 84.3 Å². The lowest BCUT2D eigenvalue weighted by Crippen LogP contribution is -2.52. The van der Waals surface area contributed by atoms with E-state index in [1.165, 1.54) is 6.26 Å². The van der Waals surface area contributed by atoms with Gasteiger partial charge in [-0.15, -0.1) is 0 Å². The van der Waals surface area contributed by atoms with Gasteiger partial charge >= 0.3 is 0 Å². The van der Waals surface area contributed by atoms with Gasteiger partial charge < -0.3 is 4.43 Å². The first-order valence-electron chi connectivity index (χ1n) is 7.31. The predicted octanol–water partition coefficient (Wildman–Crippen LogP) is 3.92. The molecule has 1 aliphatic rings. The number of nitrogens with zero attached hydrogens (tertiary/aromatic N) is 3. The van der Waals surface area contributed by atoms with Crippen LogP contribution in [-0.2, 0) is 19.7 Å². The minimum absolute atomic E-state index is 0.0916. The van der Waals surface area contributed by atoms with Crippen LogP contribution in [0.25, 0.3) is 10.4 Å². The zero-order chi connectivity index (χ0) is 16.3. The highest BCUT2D eigenvalue weighted by Crippen LogP contribution is 2.40. The van der Waals surface area contributed by atoms with Gasteiger partial charge in [-0.3, -0.25) is 4.18 Å². The Morgan fingerprint density at radius 2 is 1.95 bits per heavy atom. The molecule has 0 heterocycles. The van der Waals surface area contributed by atoms with E-state index in [1.54, 1.807) is 0 Å². The van der Waals surface area contributed by atoms with Crippen molar-refractivity contribution in [2.75, 3.05) is 6.26 Å². The maximum atomic E-state index is 11.5. The molecule has 0 aliphatic heterocycles. The van der Waals surface area contributed by atoms with Crippen molar-refractivity contribution in [1.29, 1.82) is 0 Å². The van der Waals surface area contributed by atoms with E-state index in [4.69, 9.17) is 14.1 Å². The summed E-state index contributed by atoms with van der Waals surface area (Å²) in [7, 11) is -1.95. The summed E-state index contributed by atoms with van der Waals surface area (Å²) in [4.78, 5) is 2.90. The lowest BCUT2D eigenvalue weighted by Gasteiger charge is -2.43. The van der Waals surface area contributed by atoms with Crippen molar-refractivity contribution >= 4 is 19.4 Å². The Labute approximate surface area is 131 Å². The molecule has 0 radical (unpaired) electrons. The summed E-state index contributed by atoms with van der Waals surface area (Å²) in [6, 6.07) is -0.303. The molecule has 122 valence electrons. The third-order valence-electron chi connectivity index (χ3n) is 4.43. The van der Waals surface area contributed by atoms with Crippen LogP contribution in [0.3, 0.4) is 0 Å². The summed E-state index contributed by atoms with van der Waals surface area (Å²) >= 11 is -1.41. The highest BCUT2D eigenvalue weighted by atomic mass is 32.2. The molecule has 6 nitrogen and oxygen atoms in total. The van der Waals surface area contributed by atoms with E-state index in [0.29, 0.717) is 0 Å². The maximum Gasteiger partial charge on any atom is 0.192 e. The summed E-state index contributed by atoms with van der Waals surface area (Å²) < 4.78 is 23.4. The normalized spacial score (nSPS) is 28.8. The molecule has 0 bridgehead atoms. The third-order valence-corrected chi connectivity index (χ3v) is 9.43. The van der Waals surface area contributed by atoms with Crippen LogP contribution in [0.5, 0.6) is 0 Å². The van der Waals surface area contributed by atoms with Gasteiger partial charge in [0.25, 0.3) is 0 Å². The number of hydrogen-bond acceptors (Lipinski definition) is 4. The van der Waals surface area contributed by atoms with Crippen LogP contribution in [0.15, 0.2) is 5.11 Å². The first-order valence-corrected chi connectivity index (χ1v) is 11.7. The average Bonchev–Trinajstić information content (AvgIpc) is 2.31. The van der Waals surface area contributed by atoms with Crippen molar-refractivity contribution < 1.29 is 12.8 Å². The van der Waals surface area contributed by atoms with E-state index >= 15 is 0 Å².